The summed E-state index contributed by atoms with van der Waals surface area (Å²) in [6.07, 6.45) is 4.46. The Kier molecular flexibility index (Phi) is 5.24. The van der Waals surface area contributed by atoms with Crippen molar-refractivity contribution in [3.05, 3.63) is 35.4 Å². The SMILES string of the molecule is CCN(CC)C(=O)C(/C=C1\CCC2CNc3cccc1c32)CNC. The van der Waals surface area contributed by atoms with Gasteiger partial charge in [0.05, 0.1) is 5.92 Å². The summed E-state index contributed by atoms with van der Waals surface area (Å²) in [4.78, 5) is 14.8. The van der Waals surface area contributed by atoms with Crippen LogP contribution in [0.15, 0.2) is 24.3 Å². The molecular formula is C20H29N3O. The van der Waals surface area contributed by atoms with Crippen molar-refractivity contribution in [2.24, 2.45) is 5.92 Å². The number of rotatable bonds is 6. The summed E-state index contributed by atoms with van der Waals surface area (Å²) in [5, 5.41) is 6.72. The van der Waals surface area contributed by atoms with Gasteiger partial charge in [0.1, 0.15) is 0 Å². The maximum atomic E-state index is 12.9. The highest BCUT2D eigenvalue weighted by Gasteiger charge is 2.31. The maximum absolute atomic E-state index is 12.9. The van der Waals surface area contributed by atoms with E-state index in [0.29, 0.717) is 12.5 Å². The predicted octanol–water partition coefficient (Wildman–Crippen LogP) is 3.08. The number of hydrogen-bond acceptors (Lipinski definition) is 3. The van der Waals surface area contributed by atoms with Gasteiger partial charge in [0.2, 0.25) is 5.91 Å². The number of nitrogens with zero attached hydrogens (tertiary/aromatic N) is 1. The molecule has 0 bridgehead atoms. The first-order valence-corrected chi connectivity index (χ1v) is 9.20. The summed E-state index contributed by atoms with van der Waals surface area (Å²) in [5.41, 5.74) is 5.44. The van der Waals surface area contributed by atoms with Crippen molar-refractivity contribution in [1.29, 1.82) is 0 Å². The Morgan fingerprint density at radius 3 is 2.92 bits per heavy atom. The zero-order chi connectivity index (χ0) is 17.1. The fourth-order valence-corrected chi connectivity index (χ4v) is 4.11. The van der Waals surface area contributed by atoms with E-state index in [1.54, 1.807) is 0 Å². The lowest BCUT2D eigenvalue weighted by molar-refractivity contribution is -0.133. The molecule has 1 aromatic rings. The molecule has 2 aliphatic rings. The van der Waals surface area contributed by atoms with Crippen molar-refractivity contribution in [2.45, 2.75) is 32.6 Å². The van der Waals surface area contributed by atoms with Crippen molar-refractivity contribution >= 4 is 17.2 Å². The Morgan fingerprint density at radius 1 is 1.42 bits per heavy atom. The molecule has 1 amide bonds. The van der Waals surface area contributed by atoms with Crippen LogP contribution in [0.1, 0.15) is 43.7 Å². The first-order valence-electron chi connectivity index (χ1n) is 9.20. The second-order valence-electron chi connectivity index (χ2n) is 6.75. The summed E-state index contributed by atoms with van der Waals surface area (Å²) in [6, 6.07) is 6.53. The highest BCUT2D eigenvalue weighted by Crippen LogP contribution is 2.45. The second-order valence-corrected chi connectivity index (χ2v) is 6.75. The highest BCUT2D eigenvalue weighted by molar-refractivity contribution is 5.85. The molecule has 0 saturated carbocycles. The molecule has 0 radical (unpaired) electrons. The average Bonchev–Trinajstić information content (AvgIpc) is 3.02. The van der Waals surface area contributed by atoms with Crippen molar-refractivity contribution in [3.63, 3.8) is 0 Å². The number of carbonyl (C=O) groups excluding carboxylic acids is 1. The van der Waals surface area contributed by atoms with E-state index < -0.39 is 0 Å². The monoisotopic (exact) mass is 327 g/mol. The van der Waals surface area contributed by atoms with Gasteiger partial charge in [-0.15, -0.1) is 0 Å². The van der Waals surface area contributed by atoms with Gasteiger partial charge >= 0.3 is 0 Å². The van der Waals surface area contributed by atoms with E-state index in [-0.39, 0.29) is 11.8 Å². The van der Waals surface area contributed by atoms with Gasteiger partial charge in [-0.1, -0.05) is 18.2 Å². The zero-order valence-corrected chi connectivity index (χ0v) is 15.1. The minimum atomic E-state index is -0.0910. The molecule has 0 aromatic heterocycles. The second kappa shape index (κ2) is 7.39. The van der Waals surface area contributed by atoms with Gasteiger partial charge in [-0.25, -0.2) is 0 Å². The van der Waals surface area contributed by atoms with E-state index in [1.165, 1.54) is 28.8 Å². The summed E-state index contributed by atoms with van der Waals surface area (Å²) in [7, 11) is 1.92. The molecule has 2 atom stereocenters. The first kappa shape index (κ1) is 17.0. The fraction of sp³-hybridized carbons (Fsp3) is 0.550. The number of anilines is 1. The summed E-state index contributed by atoms with van der Waals surface area (Å²) in [5.74, 6) is 0.774. The molecule has 2 unspecified atom stereocenters. The van der Waals surface area contributed by atoms with Crippen molar-refractivity contribution in [2.75, 3.05) is 38.5 Å². The van der Waals surface area contributed by atoms with Crippen LogP contribution in [0.4, 0.5) is 5.69 Å². The van der Waals surface area contributed by atoms with Crippen LogP contribution in [0.5, 0.6) is 0 Å². The average molecular weight is 327 g/mol. The Morgan fingerprint density at radius 2 is 2.21 bits per heavy atom. The summed E-state index contributed by atoms with van der Waals surface area (Å²) >= 11 is 0. The van der Waals surface area contributed by atoms with Crippen LogP contribution in [0.3, 0.4) is 0 Å². The third-order valence-electron chi connectivity index (χ3n) is 5.38. The molecule has 4 heteroatoms. The van der Waals surface area contributed by atoms with Crippen molar-refractivity contribution < 1.29 is 4.79 Å². The van der Waals surface area contributed by atoms with Crippen LogP contribution in [0.25, 0.3) is 5.57 Å². The Labute approximate surface area is 145 Å². The molecule has 1 aromatic carbocycles. The van der Waals surface area contributed by atoms with Crippen molar-refractivity contribution in [3.8, 4) is 0 Å². The van der Waals surface area contributed by atoms with Crippen LogP contribution in [-0.2, 0) is 4.79 Å². The first-order chi connectivity index (χ1) is 11.7. The lowest BCUT2D eigenvalue weighted by atomic mass is 9.80. The molecule has 0 spiro atoms. The standard InChI is InChI=1S/C20H29N3O/c1-4-23(5-2)20(24)16(12-21-3)11-14-9-10-15-13-22-18-8-6-7-17(14)19(15)18/h6-8,11,15-16,21-22H,4-5,9-10,12-13H2,1-3H3/b14-11+. The molecule has 4 nitrogen and oxygen atoms in total. The maximum Gasteiger partial charge on any atom is 0.230 e. The van der Waals surface area contributed by atoms with Gasteiger partial charge in [-0.3, -0.25) is 4.79 Å². The number of carbonyl (C=O) groups is 1. The third kappa shape index (κ3) is 3.07. The quantitative estimate of drug-likeness (QED) is 0.844. The van der Waals surface area contributed by atoms with E-state index in [0.717, 1.165) is 26.1 Å². The fourth-order valence-electron chi connectivity index (χ4n) is 4.11. The van der Waals surface area contributed by atoms with E-state index >= 15 is 0 Å². The molecule has 1 aliphatic carbocycles. The third-order valence-corrected chi connectivity index (χ3v) is 5.38. The van der Waals surface area contributed by atoms with Crippen molar-refractivity contribution in [1.82, 2.24) is 10.2 Å². The Balaban J connectivity index is 1.93. The van der Waals surface area contributed by atoms with Gasteiger partial charge in [0.15, 0.2) is 0 Å². The lowest BCUT2D eigenvalue weighted by Crippen LogP contribution is -2.39. The molecule has 130 valence electrons. The molecule has 1 heterocycles. The number of nitrogens with one attached hydrogen (secondary N) is 2. The lowest BCUT2D eigenvalue weighted by Gasteiger charge is -2.27. The number of hydrogen-bond donors (Lipinski definition) is 2. The molecule has 2 N–H and O–H groups in total. The summed E-state index contributed by atoms with van der Waals surface area (Å²) < 4.78 is 0. The smallest absolute Gasteiger partial charge is 0.230 e. The van der Waals surface area contributed by atoms with Crippen LogP contribution in [0.2, 0.25) is 0 Å². The Bertz CT molecular complexity index is 634. The normalized spacial score (nSPS) is 21.3. The molecule has 24 heavy (non-hydrogen) atoms. The molecule has 0 saturated heterocycles. The van der Waals surface area contributed by atoms with Gasteiger partial charge in [0.25, 0.3) is 0 Å². The Hall–Kier alpha value is -1.81. The highest BCUT2D eigenvalue weighted by atomic mass is 16.2. The van der Waals surface area contributed by atoms with E-state index in [1.807, 2.05) is 25.8 Å². The summed E-state index contributed by atoms with van der Waals surface area (Å²) in [6.45, 7) is 7.38. The van der Waals surface area contributed by atoms with Crippen LogP contribution in [0, 0.1) is 5.92 Å². The van der Waals surface area contributed by atoms with Gasteiger partial charge in [-0.2, -0.15) is 0 Å². The van der Waals surface area contributed by atoms with E-state index in [2.05, 4.69) is 34.9 Å². The van der Waals surface area contributed by atoms with Crippen LogP contribution >= 0.6 is 0 Å². The molecule has 0 fully saturated rings. The number of amides is 1. The number of allylic oxidation sites excluding steroid dienone is 1. The number of benzene rings is 1. The minimum Gasteiger partial charge on any atom is -0.384 e. The zero-order valence-electron chi connectivity index (χ0n) is 15.1. The largest absolute Gasteiger partial charge is 0.384 e. The van der Waals surface area contributed by atoms with Crippen LogP contribution in [-0.4, -0.2) is 44.0 Å². The van der Waals surface area contributed by atoms with Crippen LogP contribution < -0.4 is 10.6 Å². The molecule has 1 aliphatic heterocycles. The minimum absolute atomic E-state index is 0.0910. The predicted molar refractivity (Wildman–Crippen MR) is 100 cm³/mol. The van der Waals surface area contributed by atoms with E-state index in [9.17, 15) is 4.79 Å². The van der Waals surface area contributed by atoms with Gasteiger partial charge in [0, 0.05) is 37.8 Å². The van der Waals surface area contributed by atoms with E-state index in [4.69, 9.17) is 0 Å². The van der Waals surface area contributed by atoms with Gasteiger partial charge < -0.3 is 15.5 Å². The topological polar surface area (TPSA) is 44.4 Å². The molecule has 3 rings (SSSR count). The molecular weight excluding hydrogens is 298 g/mol. The van der Waals surface area contributed by atoms with Gasteiger partial charge in [-0.05, 0) is 56.5 Å².